The van der Waals surface area contributed by atoms with Gasteiger partial charge in [0.05, 0.1) is 18.6 Å². The summed E-state index contributed by atoms with van der Waals surface area (Å²) in [4.78, 5) is 97.2. The Morgan fingerprint density at radius 1 is 0.851 bits per heavy atom. The first-order valence-electron chi connectivity index (χ1n) is 15.3. The zero-order valence-electron chi connectivity index (χ0n) is 25.9. The number of imide groups is 1. The zero-order chi connectivity index (χ0) is 34.2. The van der Waals surface area contributed by atoms with Crippen LogP contribution in [0.3, 0.4) is 0 Å². The van der Waals surface area contributed by atoms with Crippen molar-refractivity contribution in [2.75, 3.05) is 33.0 Å². The number of ether oxygens (including phenoxy) is 2. The van der Waals surface area contributed by atoms with E-state index >= 15 is 0 Å². The van der Waals surface area contributed by atoms with E-state index in [0.29, 0.717) is 32.1 Å². The summed E-state index contributed by atoms with van der Waals surface area (Å²) in [6, 6.07) is 7.72. The molecule has 254 valence electrons. The van der Waals surface area contributed by atoms with Gasteiger partial charge in [0.2, 0.25) is 23.6 Å². The third-order valence-electron chi connectivity index (χ3n) is 7.48. The molecule has 1 heterocycles. The molecule has 1 saturated carbocycles. The predicted molar refractivity (Wildman–Crippen MR) is 163 cm³/mol. The minimum absolute atomic E-state index is 0.0882. The minimum atomic E-state index is -1.10. The summed E-state index contributed by atoms with van der Waals surface area (Å²) in [6.45, 7) is -1.48. The quantitative estimate of drug-likeness (QED) is 0.0463. The van der Waals surface area contributed by atoms with Gasteiger partial charge in [-0.3, -0.25) is 43.3 Å². The summed E-state index contributed by atoms with van der Waals surface area (Å²) >= 11 is 0. The topological polar surface area (TPSA) is 232 Å². The standard InChI is InChI=1S/C31H40N6O10/c32-30(44)21-10-11-23(21)47-19-35-25(39)16-34-31(45)22(15-20-7-3-1-4-8-20)36-26(40)18-46-29(43)17-33-24(38)9-5-2-6-14-37-27(41)12-13-28(37)42/h1,3-4,7-8,12-13,21-23H,2,5-6,9-11,14-19H2,(H2,32,44)(H,33,38)(H,34,45)(H,35,39)(H,36,40)/t21?,22-,23?/m0/s1. The monoisotopic (exact) mass is 656 g/mol. The van der Waals surface area contributed by atoms with Gasteiger partial charge in [-0.2, -0.15) is 0 Å². The average Bonchev–Trinajstić information content (AvgIpc) is 3.35. The molecule has 1 aliphatic heterocycles. The first-order chi connectivity index (χ1) is 22.5. The Labute approximate surface area is 271 Å². The number of amides is 7. The molecule has 0 radical (unpaired) electrons. The molecule has 0 spiro atoms. The molecule has 0 bridgehead atoms. The third-order valence-corrected chi connectivity index (χ3v) is 7.48. The number of unbranched alkanes of at least 4 members (excludes halogenated alkanes) is 2. The molecule has 0 aromatic heterocycles. The number of hydrogen-bond acceptors (Lipinski definition) is 10. The molecule has 1 aromatic carbocycles. The van der Waals surface area contributed by atoms with Crippen LogP contribution >= 0.6 is 0 Å². The number of nitrogens with zero attached hydrogens (tertiary/aromatic N) is 1. The Morgan fingerprint density at radius 3 is 2.23 bits per heavy atom. The van der Waals surface area contributed by atoms with Gasteiger partial charge in [-0.25, -0.2) is 0 Å². The minimum Gasteiger partial charge on any atom is -0.454 e. The van der Waals surface area contributed by atoms with Crippen LogP contribution < -0.4 is 27.0 Å². The number of esters is 1. The van der Waals surface area contributed by atoms with E-state index in [0.717, 1.165) is 10.5 Å². The maximum Gasteiger partial charge on any atom is 0.325 e. The lowest BCUT2D eigenvalue weighted by molar-refractivity contribution is -0.148. The molecule has 16 nitrogen and oxygen atoms in total. The van der Waals surface area contributed by atoms with Crippen molar-refractivity contribution in [3.8, 4) is 0 Å². The number of nitrogens with one attached hydrogen (secondary N) is 4. The van der Waals surface area contributed by atoms with Crippen LogP contribution in [0.5, 0.6) is 0 Å². The number of nitrogens with two attached hydrogens (primary N) is 1. The first-order valence-corrected chi connectivity index (χ1v) is 15.3. The van der Waals surface area contributed by atoms with E-state index in [-0.39, 0.29) is 50.0 Å². The Morgan fingerprint density at radius 2 is 1.57 bits per heavy atom. The van der Waals surface area contributed by atoms with E-state index < -0.39 is 61.2 Å². The molecule has 6 N–H and O–H groups in total. The highest BCUT2D eigenvalue weighted by atomic mass is 16.5. The summed E-state index contributed by atoms with van der Waals surface area (Å²) in [5, 5.41) is 9.83. The lowest BCUT2D eigenvalue weighted by Gasteiger charge is -2.33. The zero-order valence-corrected chi connectivity index (χ0v) is 25.9. The Kier molecular flexibility index (Phi) is 14.5. The third kappa shape index (κ3) is 12.7. The van der Waals surface area contributed by atoms with E-state index in [9.17, 15) is 38.4 Å². The van der Waals surface area contributed by atoms with Gasteiger partial charge in [0.15, 0.2) is 6.61 Å². The van der Waals surface area contributed by atoms with Crippen LogP contribution in [0.1, 0.15) is 44.1 Å². The molecule has 1 aliphatic carbocycles. The summed E-state index contributed by atoms with van der Waals surface area (Å²) < 4.78 is 10.4. The first kappa shape index (κ1) is 36.3. The van der Waals surface area contributed by atoms with E-state index in [4.69, 9.17) is 15.2 Å². The fourth-order valence-corrected chi connectivity index (χ4v) is 4.71. The normalized spacial score (nSPS) is 17.3. The van der Waals surface area contributed by atoms with Crippen LogP contribution in [0.15, 0.2) is 42.5 Å². The van der Waals surface area contributed by atoms with E-state index in [1.807, 2.05) is 0 Å². The number of carbonyl (C=O) groups excluding carboxylic acids is 8. The highest BCUT2D eigenvalue weighted by Gasteiger charge is 2.36. The van der Waals surface area contributed by atoms with Crippen LogP contribution in [0.25, 0.3) is 0 Å². The van der Waals surface area contributed by atoms with Gasteiger partial charge in [-0.1, -0.05) is 36.8 Å². The van der Waals surface area contributed by atoms with Gasteiger partial charge in [-0.05, 0) is 31.2 Å². The van der Waals surface area contributed by atoms with E-state index in [1.165, 1.54) is 12.2 Å². The van der Waals surface area contributed by atoms with Gasteiger partial charge in [0, 0.05) is 31.5 Å². The Bertz CT molecular complexity index is 1330. The van der Waals surface area contributed by atoms with Crippen LogP contribution in [-0.4, -0.2) is 97.3 Å². The maximum absolute atomic E-state index is 12.9. The molecule has 1 fully saturated rings. The van der Waals surface area contributed by atoms with E-state index in [1.54, 1.807) is 30.3 Å². The number of rotatable bonds is 20. The van der Waals surface area contributed by atoms with Gasteiger partial charge in [-0.15, -0.1) is 0 Å². The molecular formula is C31H40N6O10. The second kappa shape index (κ2) is 18.8. The number of hydrogen-bond donors (Lipinski definition) is 5. The highest BCUT2D eigenvalue weighted by Crippen LogP contribution is 2.29. The van der Waals surface area contributed by atoms with Gasteiger partial charge >= 0.3 is 5.97 Å². The van der Waals surface area contributed by atoms with Gasteiger partial charge in [0.1, 0.15) is 19.3 Å². The predicted octanol–water partition coefficient (Wildman–Crippen LogP) is -1.67. The lowest BCUT2D eigenvalue weighted by atomic mass is 9.81. The molecule has 1 aromatic rings. The molecule has 2 aliphatic rings. The van der Waals surface area contributed by atoms with Crippen molar-refractivity contribution in [3.63, 3.8) is 0 Å². The average molecular weight is 657 g/mol. The summed E-state index contributed by atoms with van der Waals surface area (Å²) in [7, 11) is 0. The largest absolute Gasteiger partial charge is 0.454 e. The van der Waals surface area contributed by atoms with Crippen LogP contribution in [-0.2, 0) is 54.3 Å². The van der Waals surface area contributed by atoms with E-state index in [2.05, 4.69) is 21.3 Å². The molecule has 47 heavy (non-hydrogen) atoms. The maximum atomic E-state index is 12.9. The number of benzene rings is 1. The second-order valence-corrected chi connectivity index (χ2v) is 11.0. The molecule has 7 amide bonds. The van der Waals surface area contributed by atoms with Crippen LogP contribution in [0.2, 0.25) is 0 Å². The van der Waals surface area contributed by atoms with Crippen LogP contribution in [0.4, 0.5) is 0 Å². The summed E-state index contributed by atoms with van der Waals surface area (Å²) in [6.07, 6.45) is 5.15. The van der Waals surface area contributed by atoms with Crippen molar-refractivity contribution in [2.45, 2.75) is 57.1 Å². The van der Waals surface area contributed by atoms with Crippen LogP contribution in [0, 0.1) is 5.92 Å². The van der Waals surface area contributed by atoms with Crippen molar-refractivity contribution in [3.05, 3.63) is 48.0 Å². The SMILES string of the molecule is NC(=O)C1CCC1OCNC(=O)CNC(=O)[C@H](Cc1ccccc1)NC(=O)COC(=O)CNC(=O)CCCCCN1C(=O)C=CC1=O. The molecule has 16 heteroatoms. The second-order valence-electron chi connectivity index (χ2n) is 11.0. The van der Waals surface area contributed by atoms with Gasteiger partial charge in [0.25, 0.3) is 17.7 Å². The Hall–Kier alpha value is -5.12. The van der Waals surface area contributed by atoms with Crippen molar-refractivity contribution >= 4 is 47.3 Å². The van der Waals surface area contributed by atoms with Crippen molar-refractivity contribution in [1.29, 1.82) is 0 Å². The van der Waals surface area contributed by atoms with Crippen molar-refractivity contribution < 1.29 is 47.8 Å². The number of carbonyl (C=O) groups is 8. The molecule has 3 rings (SSSR count). The van der Waals surface area contributed by atoms with Gasteiger partial charge < -0.3 is 36.5 Å². The molecular weight excluding hydrogens is 616 g/mol. The van der Waals surface area contributed by atoms with Crippen molar-refractivity contribution in [2.24, 2.45) is 11.7 Å². The fourth-order valence-electron chi connectivity index (χ4n) is 4.71. The summed E-state index contributed by atoms with van der Waals surface area (Å²) in [5.41, 5.74) is 6.01. The molecule has 3 atom stereocenters. The molecule has 2 unspecified atom stereocenters. The number of primary amides is 1. The smallest absolute Gasteiger partial charge is 0.325 e. The highest BCUT2D eigenvalue weighted by molar-refractivity contribution is 6.12. The fraction of sp³-hybridized carbons (Fsp3) is 0.484. The Balaban J connectivity index is 1.33. The van der Waals surface area contributed by atoms with Crippen molar-refractivity contribution in [1.82, 2.24) is 26.2 Å². The summed E-state index contributed by atoms with van der Waals surface area (Å²) in [5.74, 6) is -4.81. The lowest BCUT2D eigenvalue weighted by Crippen LogP contribution is -2.51. The molecule has 0 saturated heterocycles.